The van der Waals surface area contributed by atoms with Crippen molar-refractivity contribution in [2.75, 3.05) is 7.11 Å². The summed E-state index contributed by atoms with van der Waals surface area (Å²) in [7, 11) is 1.55. The molecule has 2 N–H and O–H groups in total. The third-order valence-corrected chi connectivity index (χ3v) is 1.71. The molecule has 0 bridgehead atoms. The second-order valence-electron chi connectivity index (χ2n) is 2.60. The van der Waals surface area contributed by atoms with Crippen LogP contribution in [0.15, 0.2) is 18.3 Å². The van der Waals surface area contributed by atoms with E-state index in [0.29, 0.717) is 12.3 Å². The molecule has 0 saturated heterocycles. The van der Waals surface area contributed by atoms with Crippen LogP contribution in [0.3, 0.4) is 0 Å². The molecule has 0 aliphatic rings. The van der Waals surface area contributed by atoms with E-state index in [-0.39, 0.29) is 18.4 Å². The number of hydrogen-bond acceptors (Lipinski definition) is 4. The number of nitrogens with two attached hydrogens (primary N) is 1. The van der Waals surface area contributed by atoms with E-state index >= 15 is 0 Å². The van der Waals surface area contributed by atoms with E-state index in [1.165, 1.54) is 0 Å². The average molecular weight is 214 g/mol. The molecule has 1 unspecified atom stereocenters. The Labute approximate surface area is 89.1 Å². The van der Waals surface area contributed by atoms with Gasteiger partial charge in [0.15, 0.2) is 0 Å². The summed E-state index contributed by atoms with van der Waals surface area (Å²) >= 11 is 0. The Kier molecular flexibility index (Phi) is 5.61. The quantitative estimate of drug-likeness (QED) is 0.825. The van der Waals surface area contributed by atoms with Crippen LogP contribution in [0.5, 0.6) is 5.88 Å². The molecule has 0 amide bonds. The molecular formula is C9H12ClN3O. The molecular weight excluding hydrogens is 202 g/mol. The standard InChI is InChI=1S/C9H11N3O.ClH/c1-13-9-3-2-7(6-12-9)8(11)4-5-10;/h2-3,6,8H,4,11H2,1H3;1H. The van der Waals surface area contributed by atoms with Crippen molar-refractivity contribution in [1.29, 1.82) is 5.26 Å². The van der Waals surface area contributed by atoms with Crippen molar-refractivity contribution in [3.05, 3.63) is 23.9 Å². The highest BCUT2D eigenvalue weighted by Gasteiger charge is 2.05. The molecule has 1 aromatic heterocycles. The van der Waals surface area contributed by atoms with Crippen LogP contribution >= 0.6 is 12.4 Å². The number of ether oxygens (including phenoxy) is 1. The number of nitrogens with zero attached hydrogens (tertiary/aromatic N) is 2. The first-order valence-corrected chi connectivity index (χ1v) is 3.90. The van der Waals surface area contributed by atoms with Crippen LogP contribution in [-0.2, 0) is 0 Å². The molecule has 0 aromatic carbocycles. The summed E-state index contributed by atoms with van der Waals surface area (Å²) in [5.74, 6) is 0.549. The summed E-state index contributed by atoms with van der Waals surface area (Å²) < 4.78 is 4.89. The lowest BCUT2D eigenvalue weighted by atomic mass is 10.1. The molecule has 0 spiro atoms. The van der Waals surface area contributed by atoms with Gasteiger partial charge in [-0.3, -0.25) is 0 Å². The Bertz CT molecular complexity index is 307. The average Bonchev–Trinajstić information content (AvgIpc) is 2.18. The van der Waals surface area contributed by atoms with Gasteiger partial charge in [-0.1, -0.05) is 6.07 Å². The second kappa shape index (κ2) is 6.19. The zero-order valence-electron chi connectivity index (χ0n) is 7.80. The monoisotopic (exact) mass is 213 g/mol. The molecule has 0 aliphatic heterocycles. The molecule has 4 nitrogen and oxygen atoms in total. The highest BCUT2D eigenvalue weighted by atomic mass is 35.5. The van der Waals surface area contributed by atoms with Gasteiger partial charge in [-0.05, 0) is 5.56 Å². The molecule has 0 aliphatic carbocycles. The molecule has 5 heteroatoms. The number of pyridine rings is 1. The minimum absolute atomic E-state index is 0. The van der Waals surface area contributed by atoms with Gasteiger partial charge in [0.05, 0.1) is 19.6 Å². The van der Waals surface area contributed by atoms with Crippen LogP contribution in [0.2, 0.25) is 0 Å². The maximum atomic E-state index is 8.42. The third-order valence-electron chi connectivity index (χ3n) is 1.71. The molecule has 1 aromatic rings. The summed E-state index contributed by atoms with van der Waals surface area (Å²) in [5.41, 5.74) is 6.54. The van der Waals surface area contributed by atoms with Crippen molar-refractivity contribution in [2.24, 2.45) is 5.73 Å². The van der Waals surface area contributed by atoms with Crippen LogP contribution in [0.1, 0.15) is 18.0 Å². The molecule has 14 heavy (non-hydrogen) atoms. The first-order valence-electron chi connectivity index (χ1n) is 3.90. The van der Waals surface area contributed by atoms with Crippen molar-refractivity contribution in [3.63, 3.8) is 0 Å². The maximum Gasteiger partial charge on any atom is 0.212 e. The Morgan fingerprint density at radius 2 is 2.36 bits per heavy atom. The van der Waals surface area contributed by atoms with E-state index < -0.39 is 0 Å². The van der Waals surface area contributed by atoms with Crippen LogP contribution in [0.25, 0.3) is 0 Å². The van der Waals surface area contributed by atoms with Crippen molar-refractivity contribution >= 4 is 12.4 Å². The van der Waals surface area contributed by atoms with Gasteiger partial charge in [-0.2, -0.15) is 5.26 Å². The summed E-state index contributed by atoms with van der Waals surface area (Å²) in [6.45, 7) is 0. The number of halogens is 1. The fraction of sp³-hybridized carbons (Fsp3) is 0.333. The fourth-order valence-electron chi connectivity index (χ4n) is 0.948. The van der Waals surface area contributed by atoms with E-state index in [0.717, 1.165) is 5.56 Å². The van der Waals surface area contributed by atoms with Gasteiger partial charge in [0.25, 0.3) is 0 Å². The largest absolute Gasteiger partial charge is 0.481 e. The summed E-state index contributed by atoms with van der Waals surface area (Å²) in [6.07, 6.45) is 1.93. The minimum atomic E-state index is -0.261. The van der Waals surface area contributed by atoms with E-state index in [1.807, 2.05) is 12.1 Å². The second-order valence-corrected chi connectivity index (χ2v) is 2.60. The van der Waals surface area contributed by atoms with Crippen molar-refractivity contribution in [3.8, 4) is 11.9 Å². The van der Waals surface area contributed by atoms with Crippen molar-refractivity contribution in [2.45, 2.75) is 12.5 Å². The van der Waals surface area contributed by atoms with Gasteiger partial charge in [-0.25, -0.2) is 4.98 Å². The highest BCUT2D eigenvalue weighted by molar-refractivity contribution is 5.85. The number of nitriles is 1. The zero-order chi connectivity index (χ0) is 9.68. The lowest BCUT2D eigenvalue weighted by molar-refractivity contribution is 0.397. The fourth-order valence-corrected chi connectivity index (χ4v) is 0.948. The minimum Gasteiger partial charge on any atom is -0.481 e. The maximum absolute atomic E-state index is 8.42. The number of aromatic nitrogens is 1. The first kappa shape index (κ1) is 12.7. The molecule has 1 heterocycles. The molecule has 1 rings (SSSR count). The van der Waals surface area contributed by atoms with Crippen LogP contribution in [0.4, 0.5) is 0 Å². The predicted molar refractivity (Wildman–Crippen MR) is 55.2 cm³/mol. The van der Waals surface area contributed by atoms with Gasteiger partial charge in [0, 0.05) is 18.3 Å². The van der Waals surface area contributed by atoms with E-state index in [2.05, 4.69) is 4.98 Å². The Morgan fingerprint density at radius 1 is 1.64 bits per heavy atom. The number of methoxy groups -OCH3 is 1. The molecule has 0 saturated carbocycles. The summed E-state index contributed by atoms with van der Waals surface area (Å²) in [6, 6.07) is 5.29. The normalized spacial score (nSPS) is 10.9. The van der Waals surface area contributed by atoms with Crippen LogP contribution in [0, 0.1) is 11.3 Å². The first-order chi connectivity index (χ1) is 6.27. The topological polar surface area (TPSA) is 71.9 Å². The van der Waals surface area contributed by atoms with E-state index in [4.69, 9.17) is 15.7 Å². The Balaban J connectivity index is 0.00000169. The lowest BCUT2D eigenvalue weighted by Crippen LogP contribution is -2.09. The van der Waals surface area contributed by atoms with Crippen molar-refractivity contribution < 1.29 is 4.74 Å². The Hall–Kier alpha value is -1.31. The van der Waals surface area contributed by atoms with Gasteiger partial charge in [0.2, 0.25) is 5.88 Å². The number of hydrogen-bond donors (Lipinski definition) is 1. The van der Waals surface area contributed by atoms with Crippen molar-refractivity contribution in [1.82, 2.24) is 4.98 Å². The van der Waals surface area contributed by atoms with E-state index in [9.17, 15) is 0 Å². The Morgan fingerprint density at radius 3 is 2.79 bits per heavy atom. The van der Waals surface area contributed by atoms with E-state index in [1.54, 1.807) is 19.4 Å². The SMILES string of the molecule is COc1ccc(C(N)CC#N)cn1.Cl. The zero-order valence-corrected chi connectivity index (χ0v) is 8.62. The van der Waals surface area contributed by atoms with Gasteiger partial charge in [-0.15, -0.1) is 12.4 Å². The predicted octanol–water partition coefficient (Wildman–Crippen LogP) is 1.43. The summed E-state index contributed by atoms with van der Waals surface area (Å²) in [4.78, 5) is 3.99. The molecule has 1 atom stereocenters. The lowest BCUT2D eigenvalue weighted by Gasteiger charge is -2.07. The highest BCUT2D eigenvalue weighted by Crippen LogP contribution is 2.14. The van der Waals surface area contributed by atoms with Gasteiger partial charge < -0.3 is 10.5 Å². The third kappa shape index (κ3) is 3.21. The summed E-state index contributed by atoms with van der Waals surface area (Å²) in [5, 5.41) is 8.42. The smallest absolute Gasteiger partial charge is 0.212 e. The number of rotatable bonds is 3. The molecule has 76 valence electrons. The van der Waals surface area contributed by atoms with Crippen LogP contribution < -0.4 is 10.5 Å². The van der Waals surface area contributed by atoms with Gasteiger partial charge >= 0.3 is 0 Å². The van der Waals surface area contributed by atoms with Crippen LogP contribution in [-0.4, -0.2) is 12.1 Å². The molecule has 0 radical (unpaired) electrons. The molecule has 0 fully saturated rings. The van der Waals surface area contributed by atoms with Gasteiger partial charge in [0.1, 0.15) is 0 Å².